The van der Waals surface area contributed by atoms with Crippen molar-refractivity contribution in [1.82, 2.24) is 30.3 Å². The molecule has 9 nitrogen and oxygen atoms in total. The van der Waals surface area contributed by atoms with Gasteiger partial charge in [0.1, 0.15) is 0 Å². The maximum Gasteiger partial charge on any atom is 0.427 e. The Labute approximate surface area is 221 Å². The van der Waals surface area contributed by atoms with E-state index in [1.165, 1.54) is 38.5 Å². The van der Waals surface area contributed by atoms with Crippen molar-refractivity contribution in [2.24, 2.45) is 11.8 Å². The van der Waals surface area contributed by atoms with E-state index >= 15 is 0 Å². The standard InChI is InChI=1S/C27H34ClN7O2/c1-16-6-8-18(9-7-16)15-35-24-21(31-26(35)34-10-4-3-5-17(34)2)12-22(25-32-27(36)37-33-25)30-23(24)19-11-20(28)14-29-13-19/h11-14,16-18,25,33H,3-10,15H2,1-2H3,(H,32,36)/t16?,17-,18?,25?/m1/s1. The van der Waals surface area contributed by atoms with Gasteiger partial charge in [0.2, 0.25) is 5.95 Å². The molecule has 2 saturated heterocycles. The van der Waals surface area contributed by atoms with Gasteiger partial charge in [-0.1, -0.05) is 31.4 Å². The quantitative estimate of drug-likeness (QED) is 0.449. The van der Waals surface area contributed by atoms with Gasteiger partial charge < -0.3 is 14.3 Å². The molecule has 0 spiro atoms. The monoisotopic (exact) mass is 523 g/mol. The third-order valence-electron chi connectivity index (χ3n) is 8.17. The van der Waals surface area contributed by atoms with Crippen molar-refractivity contribution in [3.63, 3.8) is 0 Å². The Morgan fingerprint density at radius 3 is 2.65 bits per heavy atom. The van der Waals surface area contributed by atoms with Crippen LogP contribution in [-0.2, 0) is 11.4 Å². The van der Waals surface area contributed by atoms with Crippen molar-refractivity contribution in [2.45, 2.75) is 77.5 Å². The topological polar surface area (TPSA) is 97.2 Å². The minimum atomic E-state index is -0.565. The third kappa shape index (κ3) is 4.86. The van der Waals surface area contributed by atoms with Crippen LogP contribution >= 0.6 is 11.6 Å². The number of pyridine rings is 2. The molecule has 5 heterocycles. The van der Waals surface area contributed by atoms with Crippen molar-refractivity contribution in [2.75, 3.05) is 11.4 Å². The van der Waals surface area contributed by atoms with Crippen LogP contribution in [0.4, 0.5) is 10.7 Å². The highest BCUT2D eigenvalue weighted by Gasteiger charge is 2.31. The Balaban J connectivity index is 1.54. The number of hydrogen-bond donors (Lipinski definition) is 2. The summed E-state index contributed by atoms with van der Waals surface area (Å²) in [4.78, 5) is 33.8. The van der Waals surface area contributed by atoms with E-state index in [9.17, 15) is 4.79 Å². The number of carbonyl (C=O) groups is 1. The van der Waals surface area contributed by atoms with Gasteiger partial charge >= 0.3 is 6.09 Å². The number of hydrogen-bond acceptors (Lipinski definition) is 7. The zero-order valence-corrected chi connectivity index (χ0v) is 22.2. The van der Waals surface area contributed by atoms with Crippen LogP contribution in [0.25, 0.3) is 22.3 Å². The lowest BCUT2D eigenvalue weighted by Gasteiger charge is -2.35. The number of halogens is 1. The van der Waals surface area contributed by atoms with Crippen LogP contribution < -0.4 is 15.7 Å². The maximum atomic E-state index is 11.8. The van der Waals surface area contributed by atoms with Crippen LogP contribution in [-0.4, -0.2) is 38.2 Å². The molecular formula is C27H34ClN7O2. The van der Waals surface area contributed by atoms with Crippen LogP contribution in [0.2, 0.25) is 5.02 Å². The summed E-state index contributed by atoms with van der Waals surface area (Å²) in [7, 11) is 0. The molecule has 2 N–H and O–H groups in total. The largest absolute Gasteiger partial charge is 0.427 e. The SMILES string of the molecule is CC1CCC(Cn2c(N3CCCC[C@H]3C)nc3cc(C4NOC(=O)N4)nc(-c4cncc(Cl)c4)c32)CC1. The van der Waals surface area contributed by atoms with E-state index in [0.29, 0.717) is 22.7 Å². The number of piperidine rings is 1. The summed E-state index contributed by atoms with van der Waals surface area (Å²) < 4.78 is 2.40. The summed E-state index contributed by atoms with van der Waals surface area (Å²) in [5.41, 5.74) is 6.78. The molecule has 1 unspecified atom stereocenters. The first-order chi connectivity index (χ1) is 18.0. The third-order valence-corrected chi connectivity index (χ3v) is 8.37. The number of fused-ring (bicyclic) bond motifs is 1. The second-order valence-corrected chi connectivity index (χ2v) is 11.4. The van der Waals surface area contributed by atoms with Gasteiger partial charge in [-0.25, -0.2) is 14.8 Å². The Morgan fingerprint density at radius 2 is 1.92 bits per heavy atom. The predicted octanol–water partition coefficient (Wildman–Crippen LogP) is 5.59. The molecule has 3 fully saturated rings. The fraction of sp³-hybridized carbons (Fsp3) is 0.556. The van der Waals surface area contributed by atoms with Crippen molar-refractivity contribution in [3.8, 4) is 11.3 Å². The summed E-state index contributed by atoms with van der Waals surface area (Å²) in [5.74, 6) is 2.41. The van der Waals surface area contributed by atoms with Gasteiger partial charge in [0.05, 0.1) is 27.4 Å². The molecule has 196 valence electrons. The molecule has 1 aliphatic carbocycles. The summed E-state index contributed by atoms with van der Waals surface area (Å²) in [6, 6.07) is 4.27. The lowest BCUT2D eigenvalue weighted by Crippen LogP contribution is -2.39. The average Bonchev–Trinajstić information content (AvgIpc) is 3.49. The second kappa shape index (κ2) is 10.1. The maximum absolute atomic E-state index is 11.8. The zero-order chi connectivity index (χ0) is 25.5. The van der Waals surface area contributed by atoms with Crippen molar-refractivity contribution in [3.05, 3.63) is 35.2 Å². The van der Waals surface area contributed by atoms with E-state index in [4.69, 9.17) is 26.4 Å². The number of carbonyl (C=O) groups excluding carboxylic acids is 1. The molecule has 2 atom stereocenters. The molecule has 3 aliphatic rings. The van der Waals surface area contributed by atoms with Crippen molar-refractivity contribution < 1.29 is 9.63 Å². The molecule has 1 amide bonds. The van der Waals surface area contributed by atoms with E-state index in [-0.39, 0.29) is 0 Å². The van der Waals surface area contributed by atoms with Crippen LogP contribution in [0.15, 0.2) is 24.5 Å². The summed E-state index contributed by atoms with van der Waals surface area (Å²) in [6.45, 7) is 6.56. The Bertz CT molecular complexity index is 1300. The van der Waals surface area contributed by atoms with E-state index in [0.717, 1.165) is 53.7 Å². The van der Waals surface area contributed by atoms with Crippen LogP contribution in [0.3, 0.4) is 0 Å². The zero-order valence-electron chi connectivity index (χ0n) is 21.4. The Hall–Kier alpha value is -2.91. The lowest BCUT2D eigenvalue weighted by molar-refractivity contribution is 0.121. The number of hydroxylamine groups is 1. The summed E-state index contributed by atoms with van der Waals surface area (Å²) in [6.07, 6.45) is 10.9. The number of aromatic nitrogens is 4. The molecule has 0 bridgehead atoms. The van der Waals surface area contributed by atoms with Gasteiger partial charge in [-0.3, -0.25) is 10.3 Å². The number of amides is 1. The highest BCUT2D eigenvalue weighted by atomic mass is 35.5. The first-order valence-electron chi connectivity index (χ1n) is 13.5. The normalized spacial score (nSPS) is 26.4. The second-order valence-electron chi connectivity index (χ2n) is 10.9. The molecule has 2 aliphatic heterocycles. The Kier molecular flexibility index (Phi) is 6.67. The molecule has 10 heteroatoms. The van der Waals surface area contributed by atoms with Gasteiger partial charge in [0.15, 0.2) is 6.17 Å². The number of rotatable bonds is 5. The van der Waals surface area contributed by atoms with Crippen LogP contribution in [0, 0.1) is 11.8 Å². The van der Waals surface area contributed by atoms with Gasteiger partial charge in [0, 0.05) is 37.1 Å². The molecule has 3 aromatic heterocycles. The average molecular weight is 524 g/mol. The molecule has 3 aromatic rings. The van der Waals surface area contributed by atoms with E-state index in [2.05, 4.69) is 39.1 Å². The molecule has 6 rings (SSSR count). The number of nitrogens with one attached hydrogen (secondary N) is 2. The van der Waals surface area contributed by atoms with Gasteiger partial charge in [-0.05, 0) is 63.0 Å². The minimum absolute atomic E-state index is 0.420. The van der Waals surface area contributed by atoms with Crippen molar-refractivity contribution >= 4 is 34.7 Å². The van der Waals surface area contributed by atoms with Gasteiger partial charge in [-0.2, -0.15) is 0 Å². The Morgan fingerprint density at radius 1 is 1.08 bits per heavy atom. The molecule has 0 radical (unpaired) electrons. The first-order valence-corrected chi connectivity index (χ1v) is 13.9. The smallest absolute Gasteiger partial charge is 0.351 e. The number of nitrogens with zero attached hydrogens (tertiary/aromatic N) is 5. The van der Waals surface area contributed by atoms with Crippen LogP contribution in [0.1, 0.15) is 70.7 Å². The van der Waals surface area contributed by atoms with E-state index < -0.39 is 12.3 Å². The van der Waals surface area contributed by atoms with Gasteiger partial charge in [0.25, 0.3) is 0 Å². The molecule has 1 saturated carbocycles. The fourth-order valence-electron chi connectivity index (χ4n) is 6.03. The molecule has 0 aromatic carbocycles. The summed E-state index contributed by atoms with van der Waals surface area (Å²) >= 11 is 6.38. The van der Waals surface area contributed by atoms with Gasteiger partial charge in [-0.15, -0.1) is 5.48 Å². The number of imidazole rings is 1. The fourth-order valence-corrected chi connectivity index (χ4v) is 6.21. The molecule has 37 heavy (non-hydrogen) atoms. The highest BCUT2D eigenvalue weighted by molar-refractivity contribution is 6.30. The van der Waals surface area contributed by atoms with E-state index in [1.807, 2.05) is 12.1 Å². The van der Waals surface area contributed by atoms with E-state index in [1.54, 1.807) is 12.4 Å². The number of anilines is 1. The lowest BCUT2D eigenvalue weighted by atomic mass is 9.83. The van der Waals surface area contributed by atoms with Crippen molar-refractivity contribution in [1.29, 1.82) is 0 Å². The summed E-state index contributed by atoms with van der Waals surface area (Å²) in [5, 5.41) is 3.31. The molecular weight excluding hydrogens is 490 g/mol. The van der Waals surface area contributed by atoms with Crippen LogP contribution in [0.5, 0.6) is 0 Å². The predicted molar refractivity (Wildman–Crippen MR) is 143 cm³/mol. The minimum Gasteiger partial charge on any atom is -0.351 e. The first kappa shape index (κ1) is 24.4. The highest BCUT2D eigenvalue weighted by Crippen LogP contribution is 2.38.